The molecule has 2 aromatic rings. The standard InChI is InChI=1S/C15H12BrNO3/c1-9-6-11(3-4-12(9)16)17-15(18)10-2-5-13-14(7-10)20-8-19-13/h2-7H,8H2,1H3,(H,17,18). The van der Waals surface area contributed by atoms with Crippen molar-refractivity contribution < 1.29 is 14.3 Å². The lowest BCUT2D eigenvalue weighted by Gasteiger charge is -2.07. The second-order valence-corrected chi connectivity index (χ2v) is 5.34. The average Bonchev–Trinajstić information content (AvgIpc) is 2.90. The summed E-state index contributed by atoms with van der Waals surface area (Å²) in [7, 11) is 0. The highest BCUT2D eigenvalue weighted by Crippen LogP contribution is 2.32. The molecule has 20 heavy (non-hydrogen) atoms. The zero-order chi connectivity index (χ0) is 14.1. The van der Waals surface area contributed by atoms with Crippen molar-refractivity contribution in [1.82, 2.24) is 0 Å². The molecule has 4 nitrogen and oxygen atoms in total. The Kier molecular flexibility index (Phi) is 3.36. The molecule has 1 heterocycles. The van der Waals surface area contributed by atoms with Crippen LogP contribution in [0.3, 0.4) is 0 Å². The summed E-state index contributed by atoms with van der Waals surface area (Å²) in [6.07, 6.45) is 0. The summed E-state index contributed by atoms with van der Waals surface area (Å²) in [5.41, 5.74) is 2.36. The van der Waals surface area contributed by atoms with Gasteiger partial charge >= 0.3 is 0 Å². The van der Waals surface area contributed by atoms with Gasteiger partial charge in [-0.25, -0.2) is 0 Å². The van der Waals surface area contributed by atoms with Crippen molar-refractivity contribution in [1.29, 1.82) is 0 Å². The Bertz CT molecular complexity index is 685. The molecule has 5 heteroatoms. The summed E-state index contributed by atoms with van der Waals surface area (Å²) in [5, 5.41) is 2.86. The maximum absolute atomic E-state index is 12.2. The van der Waals surface area contributed by atoms with Crippen LogP contribution in [0.4, 0.5) is 5.69 Å². The minimum absolute atomic E-state index is 0.176. The summed E-state index contributed by atoms with van der Waals surface area (Å²) < 4.78 is 11.5. The molecule has 0 saturated carbocycles. The zero-order valence-electron chi connectivity index (χ0n) is 10.8. The number of anilines is 1. The van der Waals surface area contributed by atoms with E-state index in [1.165, 1.54) is 0 Å². The summed E-state index contributed by atoms with van der Waals surface area (Å²) in [6, 6.07) is 10.8. The quantitative estimate of drug-likeness (QED) is 0.910. The monoisotopic (exact) mass is 333 g/mol. The van der Waals surface area contributed by atoms with Crippen LogP contribution in [0, 0.1) is 6.92 Å². The van der Waals surface area contributed by atoms with E-state index in [1.54, 1.807) is 18.2 Å². The molecular formula is C15H12BrNO3. The van der Waals surface area contributed by atoms with E-state index >= 15 is 0 Å². The van der Waals surface area contributed by atoms with Gasteiger partial charge in [-0.3, -0.25) is 4.79 Å². The maximum atomic E-state index is 12.2. The van der Waals surface area contributed by atoms with Crippen molar-refractivity contribution in [2.24, 2.45) is 0 Å². The Labute approximate surface area is 124 Å². The van der Waals surface area contributed by atoms with Crippen molar-refractivity contribution in [2.75, 3.05) is 12.1 Å². The van der Waals surface area contributed by atoms with Crippen molar-refractivity contribution in [2.45, 2.75) is 6.92 Å². The molecule has 102 valence electrons. The highest BCUT2D eigenvalue weighted by Gasteiger charge is 2.16. The van der Waals surface area contributed by atoms with E-state index in [-0.39, 0.29) is 12.7 Å². The first-order chi connectivity index (χ1) is 9.63. The molecule has 2 aromatic carbocycles. The van der Waals surface area contributed by atoms with Crippen LogP contribution in [0.15, 0.2) is 40.9 Å². The number of amides is 1. The zero-order valence-corrected chi connectivity index (χ0v) is 12.4. The van der Waals surface area contributed by atoms with Gasteiger partial charge in [-0.05, 0) is 48.9 Å². The molecule has 1 N–H and O–H groups in total. The van der Waals surface area contributed by atoms with Crippen LogP contribution in [-0.2, 0) is 0 Å². The topological polar surface area (TPSA) is 47.6 Å². The highest BCUT2D eigenvalue weighted by atomic mass is 79.9. The maximum Gasteiger partial charge on any atom is 0.255 e. The molecular weight excluding hydrogens is 322 g/mol. The number of carbonyl (C=O) groups is 1. The van der Waals surface area contributed by atoms with Crippen molar-refractivity contribution >= 4 is 27.5 Å². The fourth-order valence-corrected chi connectivity index (χ4v) is 2.21. The van der Waals surface area contributed by atoms with Crippen LogP contribution in [0.2, 0.25) is 0 Å². The van der Waals surface area contributed by atoms with E-state index in [1.807, 2.05) is 25.1 Å². The van der Waals surface area contributed by atoms with E-state index in [4.69, 9.17) is 9.47 Å². The third kappa shape index (κ3) is 2.49. The van der Waals surface area contributed by atoms with Gasteiger partial charge in [0.05, 0.1) is 0 Å². The van der Waals surface area contributed by atoms with Gasteiger partial charge in [-0.15, -0.1) is 0 Å². The molecule has 0 fully saturated rings. The van der Waals surface area contributed by atoms with Crippen LogP contribution in [-0.4, -0.2) is 12.7 Å². The third-order valence-electron chi connectivity index (χ3n) is 3.05. The van der Waals surface area contributed by atoms with Crippen molar-refractivity contribution in [3.05, 3.63) is 52.0 Å². The number of carbonyl (C=O) groups excluding carboxylic acids is 1. The van der Waals surface area contributed by atoms with E-state index in [0.717, 1.165) is 15.7 Å². The lowest BCUT2D eigenvalue weighted by atomic mass is 10.1. The van der Waals surface area contributed by atoms with Gasteiger partial charge in [0.2, 0.25) is 6.79 Å². The third-order valence-corrected chi connectivity index (χ3v) is 3.94. The second-order valence-electron chi connectivity index (χ2n) is 4.49. The summed E-state index contributed by atoms with van der Waals surface area (Å²) in [6.45, 7) is 2.17. The Morgan fingerprint density at radius 3 is 2.75 bits per heavy atom. The summed E-state index contributed by atoms with van der Waals surface area (Å²) in [4.78, 5) is 12.2. The largest absolute Gasteiger partial charge is 0.454 e. The predicted molar refractivity (Wildman–Crippen MR) is 79.4 cm³/mol. The molecule has 0 radical (unpaired) electrons. The minimum Gasteiger partial charge on any atom is -0.454 e. The molecule has 0 saturated heterocycles. The van der Waals surface area contributed by atoms with Crippen molar-refractivity contribution in [3.8, 4) is 11.5 Å². The van der Waals surface area contributed by atoms with Gasteiger partial charge in [0, 0.05) is 15.7 Å². The van der Waals surface area contributed by atoms with Crippen LogP contribution < -0.4 is 14.8 Å². The molecule has 1 aliphatic heterocycles. The number of fused-ring (bicyclic) bond motifs is 1. The van der Waals surface area contributed by atoms with E-state index in [2.05, 4.69) is 21.2 Å². The highest BCUT2D eigenvalue weighted by molar-refractivity contribution is 9.10. The smallest absolute Gasteiger partial charge is 0.255 e. The minimum atomic E-state index is -0.176. The SMILES string of the molecule is Cc1cc(NC(=O)c2ccc3c(c2)OCO3)ccc1Br. The molecule has 1 amide bonds. The number of rotatable bonds is 2. The Morgan fingerprint density at radius 2 is 1.95 bits per heavy atom. The first-order valence-corrected chi connectivity index (χ1v) is 6.90. The first-order valence-electron chi connectivity index (χ1n) is 6.10. The summed E-state index contributed by atoms with van der Waals surface area (Å²) in [5.74, 6) is 1.09. The number of halogens is 1. The van der Waals surface area contributed by atoms with Crippen LogP contribution in [0.5, 0.6) is 11.5 Å². The number of hydrogen-bond donors (Lipinski definition) is 1. The Hall–Kier alpha value is -2.01. The Balaban J connectivity index is 1.80. The predicted octanol–water partition coefficient (Wildman–Crippen LogP) is 3.74. The average molecular weight is 334 g/mol. The normalized spacial score (nSPS) is 12.3. The molecule has 0 spiro atoms. The molecule has 1 aliphatic rings. The molecule has 3 rings (SSSR count). The molecule has 0 atom stereocenters. The van der Waals surface area contributed by atoms with Crippen LogP contribution in [0.25, 0.3) is 0 Å². The first kappa shape index (κ1) is 13.0. The second kappa shape index (κ2) is 5.17. The molecule has 0 aliphatic carbocycles. The van der Waals surface area contributed by atoms with Crippen molar-refractivity contribution in [3.63, 3.8) is 0 Å². The van der Waals surface area contributed by atoms with Gasteiger partial charge < -0.3 is 14.8 Å². The number of ether oxygens (including phenoxy) is 2. The Morgan fingerprint density at radius 1 is 1.15 bits per heavy atom. The molecule has 0 unspecified atom stereocenters. The molecule has 0 bridgehead atoms. The number of nitrogens with one attached hydrogen (secondary N) is 1. The van der Waals surface area contributed by atoms with Gasteiger partial charge in [0.1, 0.15) is 0 Å². The van der Waals surface area contributed by atoms with E-state index < -0.39 is 0 Å². The van der Waals surface area contributed by atoms with E-state index in [9.17, 15) is 4.79 Å². The van der Waals surface area contributed by atoms with Gasteiger partial charge in [0.25, 0.3) is 5.91 Å². The van der Waals surface area contributed by atoms with E-state index in [0.29, 0.717) is 17.1 Å². The number of benzene rings is 2. The summed E-state index contributed by atoms with van der Waals surface area (Å²) >= 11 is 3.43. The van der Waals surface area contributed by atoms with Crippen LogP contribution >= 0.6 is 15.9 Å². The fraction of sp³-hybridized carbons (Fsp3) is 0.133. The lowest BCUT2D eigenvalue weighted by Crippen LogP contribution is -2.11. The van der Waals surface area contributed by atoms with Gasteiger partial charge in [-0.1, -0.05) is 15.9 Å². The van der Waals surface area contributed by atoms with Gasteiger partial charge in [-0.2, -0.15) is 0 Å². The van der Waals surface area contributed by atoms with Gasteiger partial charge in [0.15, 0.2) is 11.5 Å². The lowest BCUT2D eigenvalue weighted by molar-refractivity contribution is 0.102. The van der Waals surface area contributed by atoms with Crippen LogP contribution in [0.1, 0.15) is 15.9 Å². The molecule has 0 aromatic heterocycles. The number of aryl methyl sites for hydroxylation is 1. The fourth-order valence-electron chi connectivity index (χ4n) is 1.96. The number of hydrogen-bond acceptors (Lipinski definition) is 3.